The maximum Gasteiger partial charge on any atom is 0.255 e. The molecule has 4 rings (SSSR count). The van der Waals surface area contributed by atoms with Crippen LogP contribution in [0.25, 0.3) is 22.0 Å². The number of aromatic amines is 1. The van der Waals surface area contributed by atoms with Gasteiger partial charge in [0.25, 0.3) is 5.91 Å². The normalized spacial score (nSPS) is 15.4. The number of hydrogen-bond acceptors (Lipinski definition) is 4. The number of hydrogen-bond donors (Lipinski definition) is 2. The van der Waals surface area contributed by atoms with E-state index in [0.717, 1.165) is 59.6 Å². The summed E-state index contributed by atoms with van der Waals surface area (Å²) in [7, 11) is 1.87. The number of benzene rings is 2. The number of nitrogens with one attached hydrogen (secondary N) is 2. The van der Waals surface area contributed by atoms with Crippen LogP contribution in [0.2, 0.25) is 0 Å². The van der Waals surface area contributed by atoms with Gasteiger partial charge in [-0.1, -0.05) is 12.1 Å². The molecule has 1 fully saturated rings. The Morgan fingerprint density at radius 3 is 2.67 bits per heavy atom. The molecule has 0 saturated heterocycles. The second-order valence-corrected chi connectivity index (χ2v) is 8.19. The maximum absolute atomic E-state index is 13.2. The Balaban J connectivity index is 1.56. The highest BCUT2D eigenvalue weighted by molar-refractivity contribution is 5.95. The fourth-order valence-electron chi connectivity index (χ4n) is 4.55. The first-order chi connectivity index (χ1) is 14.5. The fourth-order valence-corrected chi connectivity index (χ4v) is 4.55. The molecule has 1 saturated carbocycles. The van der Waals surface area contributed by atoms with E-state index in [9.17, 15) is 9.59 Å². The van der Waals surface area contributed by atoms with Crippen LogP contribution in [0.5, 0.6) is 0 Å². The van der Waals surface area contributed by atoms with Gasteiger partial charge in [-0.15, -0.1) is 0 Å². The Labute approximate surface area is 176 Å². The van der Waals surface area contributed by atoms with Gasteiger partial charge in [-0.25, -0.2) is 0 Å². The molecule has 1 aliphatic carbocycles. The van der Waals surface area contributed by atoms with Gasteiger partial charge < -0.3 is 9.69 Å². The van der Waals surface area contributed by atoms with Crippen LogP contribution < -0.4 is 5.32 Å². The Morgan fingerprint density at radius 1 is 1.23 bits per heavy atom. The van der Waals surface area contributed by atoms with Gasteiger partial charge in [-0.05, 0) is 73.6 Å². The van der Waals surface area contributed by atoms with E-state index in [1.54, 1.807) is 0 Å². The molecule has 1 heterocycles. The number of carbonyl (C=O) groups is 2. The second-order valence-electron chi connectivity index (χ2n) is 8.19. The molecule has 6 heteroatoms. The Hall–Kier alpha value is -2.99. The van der Waals surface area contributed by atoms with Crippen molar-refractivity contribution in [3.05, 3.63) is 53.7 Å². The molecule has 6 nitrogen and oxygen atoms in total. The second kappa shape index (κ2) is 8.40. The van der Waals surface area contributed by atoms with Gasteiger partial charge in [0.2, 0.25) is 0 Å². The van der Waals surface area contributed by atoms with Crippen molar-refractivity contribution in [2.24, 2.45) is 0 Å². The summed E-state index contributed by atoms with van der Waals surface area (Å²) in [4.78, 5) is 25.8. The molecule has 156 valence electrons. The average molecular weight is 405 g/mol. The van der Waals surface area contributed by atoms with Crippen molar-refractivity contribution >= 4 is 23.1 Å². The number of H-pyrrole nitrogens is 1. The molecule has 0 atom stereocenters. The van der Waals surface area contributed by atoms with Crippen LogP contribution in [0.15, 0.2) is 42.6 Å². The summed E-state index contributed by atoms with van der Waals surface area (Å²) >= 11 is 0. The monoisotopic (exact) mass is 404 g/mol. The summed E-state index contributed by atoms with van der Waals surface area (Å²) < 4.78 is 0. The summed E-state index contributed by atoms with van der Waals surface area (Å²) in [5.74, 6) is 0.00376. The summed E-state index contributed by atoms with van der Waals surface area (Å²) in [5.41, 5.74) is 4.71. The van der Waals surface area contributed by atoms with E-state index in [-0.39, 0.29) is 11.6 Å². The van der Waals surface area contributed by atoms with E-state index < -0.39 is 0 Å². The Bertz CT molecular complexity index is 1050. The van der Waals surface area contributed by atoms with Crippen LogP contribution in [0.1, 0.15) is 48.0 Å². The minimum atomic E-state index is -0.359. The molecule has 0 aliphatic heterocycles. The molecule has 0 spiro atoms. The number of amides is 1. The number of aryl methyl sites for hydroxylation is 1. The smallest absolute Gasteiger partial charge is 0.255 e. The van der Waals surface area contributed by atoms with Crippen molar-refractivity contribution < 1.29 is 9.59 Å². The lowest BCUT2D eigenvalue weighted by atomic mass is 9.97. The lowest BCUT2D eigenvalue weighted by Crippen LogP contribution is -2.57. The Morgan fingerprint density at radius 2 is 1.97 bits per heavy atom. The van der Waals surface area contributed by atoms with Gasteiger partial charge >= 0.3 is 0 Å². The molecule has 0 radical (unpaired) electrons. The molecule has 0 bridgehead atoms. The molecule has 1 aromatic heterocycles. The van der Waals surface area contributed by atoms with E-state index in [2.05, 4.69) is 34.6 Å². The summed E-state index contributed by atoms with van der Waals surface area (Å²) in [6.45, 7) is 2.67. The van der Waals surface area contributed by atoms with Crippen LogP contribution in [-0.4, -0.2) is 46.5 Å². The molecular weight excluding hydrogens is 376 g/mol. The number of carbonyl (C=O) groups excluding carboxylic acids is 2. The highest BCUT2D eigenvalue weighted by Crippen LogP contribution is 2.33. The molecule has 2 aromatic carbocycles. The van der Waals surface area contributed by atoms with E-state index >= 15 is 0 Å². The van der Waals surface area contributed by atoms with Crippen LogP contribution >= 0.6 is 0 Å². The lowest BCUT2D eigenvalue weighted by molar-refractivity contribution is -0.107. The van der Waals surface area contributed by atoms with E-state index in [4.69, 9.17) is 0 Å². The molecule has 1 amide bonds. The average Bonchev–Trinajstić information content (AvgIpc) is 3.42. The van der Waals surface area contributed by atoms with Gasteiger partial charge in [-0.3, -0.25) is 15.2 Å². The standard InChI is InChI=1S/C24H28N4O2/c1-17-14-22-20(16-26-27-22)15-21(17)18-6-8-19(9-7-18)23(30)28(2)24(10-3-4-11-24)25-12-5-13-29/h6-9,13-16,25H,3-5,10-12H2,1-2H3,(H,26,27). The molecule has 1 aliphatic rings. The van der Waals surface area contributed by atoms with Crippen molar-refractivity contribution in [1.29, 1.82) is 0 Å². The van der Waals surface area contributed by atoms with E-state index in [0.29, 0.717) is 18.5 Å². The first-order valence-electron chi connectivity index (χ1n) is 10.5. The largest absolute Gasteiger partial charge is 0.323 e. The number of nitrogens with zero attached hydrogens (tertiary/aromatic N) is 2. The lowest BCUT2D eigenvalue weighted by Gasteiger charge is -2.40. The topological polar surface area (TPSA) is 78.1 Å². The molecule has 3 aromatic rings. The van der Waals surface area contributed by atoms with Crippen molar-refractivity contribution in [2.45, 2.75) is 44.7 Å². The summed E-state index contributed by atoms with van der Waals surface area (Å²) in [5, 5.41) is 11.6. The van der Waals surface area contributed by atoms with Gasteiger partial charge in [0.05, 0.1) is 17.4 Å². The molecule has 2 N–H and O–H groups in total. The SMILES string of the molecule is Cc1cc2[nH]ncc2cc1-c1ccc(C(=O)N(C)C2(NCCC=O)CCCC2)cc1. The van der Waals surface area contributed by atoms with E-state index in [1.807, 2.05) is 42.4 Å². The summed E-state index contributed by atoms with van der Waals surface area (Å²) in [6.07, 6.45) is 7.19. The van der Waals surface area contributed by atoms with E-state index in [1.165, 1.54) is 0 Å². The van der Waals surface area contributed by atoms with Gasteiger partial charge in [0.15, 0.2) is 0 Å². The van der Waals surface area contributed by atoms with Gasteiger partial charge in [-0.2, -0.15) is 5.10 Å². The van der Waals surface area contributed by atoms with Crippen LogP contribution in [0.4, 0.5) is 0 Å². The number of fused-ring (bicyclic) bond motifs is 1. The predicted molar refractivity (Wildman–Crippen MR) is 118 cm³/mol. The van der Waals surface area contributed by atoms with Crippen molar-refractivity contribution in [1.82, 2.24) is 20.4 Å². The predicted octanol–water partition coefficient (Wildman–Crippen LogP) is 4.06. The zero-order chi connectivity index (χ0) is 21.1. The number of aromatic nitrogens is 2. The van der Waals surface area contributed by atoms with Crippen molar-refractivity contribution in [3.8, 4) is 11.1 Å². The highest BCUT2D eigenvalue weighted by Gasteiger charge is 2.39. The van der Waals surface area contributed by atoms with Crippen molar-refractivity contribution in [3.63, 3.8) is 0 Å². The van der Waals surface area contributed by atoms with Crippen LogP contribution in [0.3, 0.4) is 0 Å². The molecular formula is C24H28N4O2. The number of aldehydes is 1. The quantitative estimate of drug-likeness (QED) is 0.354. The van der Waals surface area contributed by atoms with Gasteiger partial charge in [0, 0.05) is 31.0 Å². The Kier molecular flexibility index (Phi) is 5.68. The first-order valence-corrected chi connectivity index (χ1v) is 10.5. The molecule has 30 heavy (non-hydrogen) atoms. The third-order valence-electron chi connectivity index (χ3n) is 6.32. The minimum absolute atomic E-state index is 0.00376. The zero-order valence-corrected chi connectivity index (χ0v) is 17.6. The van der Waals surface area contributed by atoms with Crippen molar-refractivity contribution in [2.75, 3.05) is 13.6 Å². The zero-order valence-electron chi connectivity index (χ0n) is 17.6. The third kappa shape index (κ3) is 3.75. The molecule has 0 unspecified atom stereocenters. The maximum atomic E-state index is 13.2. The van der Waals surface area contributed by atoms with Crippen LogP contribution in [0, 0.1) is 6.92 Å². The number of rotatable bonds is 7. The fraction of sp³-hybridized carbons (Fsp3) is 0.375. The minimum Gasteiger partial charge on any atom is -0.323 e. The van der Waals surface area contributed by atoms with Crippen LogP contribution in [-0.2, 0) is 4.79 Å². The van der Waals surface area contributed by atoms with Gasteiger partial charge in [0.1, 0.15) is 6.29 Å². The third-order valence-corrected chi connectivity index (χ3v) is 6.32. The highest BCUT2D eigenvalue weighted by atomic mass is 16.2. The first kappa shape index (κ1) is 20.3. The summed E-state index contributed by atoms with van der Waals surface area (Å²) in [6, 6.07) is 12.1.